The van der Waals surface area contributed by atoms with Gasteiger partial charge < -0.3 is 0 Å². The predicted molar refractivity (Wildman–Crippen MR) is 94.4 cm³/mol. The van der Waals surface area contributed by atoms with Gasteiger partial charge in [-0.15, -0.1) is 0 Å². The maximum Gasteiger partial charge on any atom is 0.126 e. The second-order valence-corrected chi connectivity index (χ2v) is 5.81. The molecule has 24 heavy (non-hydrogen) atoms. The van der Waals surface area contributed by atoms with E-state index < -0.39 is 6.17 Å². The second-order valence-electron chi connectivity index (χ2n) is 5.81. The molecule has 0 aromatic heterocycles. The Bertz CT molecular complexity index is 765. The minimum absolute atomic E-state index is 0.00181. The molecule has 3 rings (SSSR count). The fourth-order valence-electron chi connectivity index (χ4n) is 2.94. The molecule has 0 aliphatic carbocycles. The summed E-state index contributed by atoms with van der Waals surface area (Å²) in [4.78, 5) is 0. The van der Waals surface area contributed by atoms with Gasteiger partial charge in [-0.2, -0.15) is 5.26 Å². The number of benzene rings is 3. The van der Waals surface area contributed by atoms with Crippen LogP contribution in [0.3, 0.4) is 0 Å². The highest BCUT2D eigenvalue weighted by molar-refractivity contribution is 5.35. The summed E-state index contributed by atoms with van der Waals surface area (Å²) in [6, 6.07) is 28.9. The molecular weight excluding hydrogens is 297 g/mol. The molecule has 0 spiro atoms. The van der Waals surface area contributed by atoms with Crippen LogP contribution in [0.1, 0.15) is 40.8 Å². The topological polar surface area (TPSA) is 23.8 Å². The number of rotatable bonds is 5. The van der Waals surface area contributed by atoms with Crippen molar-refractivity contribution in [3.8, 4) is 6.07 Å². The van der Waals surface area contributed by atoms with E-state index >= 15 is 0 Å². The van der Waals surface area contributed by atoms with Crippen molar-refractivity contribution in [1.82, 2.24) is 0 Å². The molecule has 2 heteroatoms. The molecule has 0 saturated carbocycles. The van der Waals surface area contributed by atoms with Crippen molar-refractivity contribution in [3.05, 3.63) is 107 Å². The van der Waals surface area contributed by atoms with E-state index in [2.05, 4.69) is 6.07 Å². The molecular formula is C22H18FN. The van der Waals surface area contributed by atoms with Gasteiger partial charge in [-0.3, -0.25) is 0 Å². The fourth-order valence-corrected chi connectivity index (χ4v) is 2.94. The Morgan fingerprint density at radius 2 is 1.21 bits per heavy atom. The van der Waals surface area contributed by atoms with E-state index in [0.717, 1.165) is 11.1 Å². The SMILES string of the molecule is N#Cc1ccc(C(F)CC(c2ccccc2)c2ccccc2)cc1. The van der Waals surface area contributed by atoms with E-state index in [1.165, 1.54) is 0 Å². The third-order valence-electron chi connectivity index (χ3n) is 4.25. The Morgan fingerprint density at radius 3 is 1.67 bits per heavy atom. The van der Waals surface area contributed by atoms with Crippen LogP contribution in [0, 0.1) is 11.3 Å². The van der Waals surface area contributed by atoms with Crippen molar-refractivity contribution in [3.63, 3.8) is 0 Å². The smallest absolute Gasteiger partial charge is 0.126 e. The molecule has 1 nitrogen and oxygen atoms in total. The molecule has 0 aliphatic rings. The lowest BCUT2D eigenvalue weighted by Gasteiger charge is -2.20. The lowest BCUT2D eigenvalue weighted by atomic mass is 9.85. The van der Waals surface area contributed by atoms with Gasteiger partial charge in [-0.05, 0) is 35.2 Å². The number of alkyl halides is 1. The Morgan fingerprint density at radius 1 is 0.708 bits per heavy atom. The van der Waals surface area contributed by atoms with Gasteiger partial charge in [0.2, 0.25) is 0 Å². The molecule has 118 valence electrons. The van der Waals surface area contributed by atoms with Crippen molar-refractivity contribution in [2.45, 2.75) is 18.5 Å². The summed E-state index contributed by atoms with van der Waals surface area (Å²) in [5, 5.41) is 8.87. The van der Waals surface area contributed by atoms with Gasteiger partial charge in [0.05, 0.1) is 11.6 Å². The second kappa shape index (κ2) is 7.57. The molecule has 0 heterocycles. The first-order chi connectivity index (χ1) is 11.8. The van der Waals surface area contributed by atoms with Crippen molar-refractivity contribution < 1.29 is 4.39 Å². The minimum atomic E-state index is -1.08. The molecule has 1 unspecified atom stereocenters. The van der Waals surface area contributed by atoms with E-state index in [4.69, 9.17) is 5.26 Å². The predicted octanol–water partition coefficient (Wildman–Crippen LogP) is 5.79. The molecule has 0 radical (unpaired) electrons. The minimum Gasteiger partial charge on any atom is -0.242 e. The number of hydrogen-bond acceptors (Lipinski definition) is 1. The highest BCUT2D eigenvalue weighted by atomic mass is 19.1. The first kappa shape index (κ1) is 16.0. The summed E-state index contributed by atoms with van der Waals surface area (Å²) in [6.45, 7) is 0. The van der Waals surface area contributed by atoms with Crippen LogP contribution in [0.5, 0.6) is 0 Å². The van der Waals surface area contributed by atoms with Crippen LogP contribution in [0.15, 0.2) is 84.9 Å². The Kier molecular flexibility index (Phi) is 5.03. The Labute approximate surface area is 142 Å². The van der Waals surface area contributed by atoms with Gasteiger partial charge in [0, 0.05) is 5.92 Å². The van der Waals surface area contributed by atoms with Crippen LogP contribution in [-0.2, 0) is 0 Å². The number of nitrogens with zero attached hydrogens (tertiary/aromatic N) is 1. The summed E-state index contributed by atoms with van der Waals surface area (Å²) in [7, 11) is 0. The average molecular weight is 315 g/mol. The number of hydrogen-bond donors (Lipinski definition) is 0. The zero-order chi connectivity index (χ0) is 16.8. The molecule has 3 aromatic carbocycles. The zero-order valence-corrected chi connectivity index (χ0v) is 13.3. The lowest BCUT2D eigenvalue weighted by molar-refractivity contribution is 0.312. The highest BCUT2D eigenvalue weighted by Crippen LogP contribution is 2.35. The van der Waals surface area contributed by atoms with Crippen LogP contribution < -0.4 is 0 Å². The van der Waals surface area contributed by atoms with Gasteiger partial charge in [0.15, 0.2) is 0 Å². The number of halogens is 1. The van der Waals surface area contributed by atoms with Crippen LogP contribution >= 0.6 is 0 Å². The zero-order valence-electron chi connectivity index (χ0n) is 13.3. The summed E-state index contributed by atoms with van der Waals surface area (Å²) in [6.07, 6.45) is -0.705. The normalized spacial score (nSPS) is 11.9. The van der Waals surface area contributed by atoms with E-state index in [-0.39, 0.29) is 5.92 Å². The molecule has 1 atom stereocenters. The Hall–Kier alpha value is -2.92. The lowest BCUT2D eigenvalue weighted by Crippen LogP contribution is -2.05. The summed E-state index contributed by atoms with van der Waals surface area (Å²) < 4.78 is 14.9. The van der Waals surface area contributed by atoms with Gasteiger partial charge in [-0.1, -0.05) is 72.8 Å². The summed E-state index contributed by atoms with van der Waals surface area (Å²) in [5.74, 6) is -0.00181. The molecule has 3 aromatic rings. The molecule has 0 saturated heterocycles. The average Bonchev–Trinajstić information content (AvgIpc) is 2.67. The van der Waals surface area contributed by atoms with E-state index in [1.807, 2.05) is 60.7 Å². The fraction of sp³-hybridized carbons (Fsp3) is 0.136. The van der Waals surface area contributed by atoms with E-state index in [0.29, 0.717) is 17.5 Å². The molecule has 0 aliphatic heterocycles. The third kappa shape index (κ3) is 3.70. The van der Waals surface area contributed by atoms with Crippen molar-refractivity contribution in [2.24, 2.45) is 0 Å². The standard InChI is InChI=1S/C22H18FN/c23-22(20-13-11-17(16-24)12-14-20)15-21(18-7-3-1-4-8-18)19-9-5-2-6-10-19/h1-14,21-22H,15H2. The van der Waals surface area contributed by atoms with E-state index in [9.17, 15) is 4.39 Å². The third-order valence-corrected chi connectivity index (χ3v) is 4.25. The van der Waals surface area contributed by atoms with Crippen molar-refractivity contribution >= 4 is 0 Å². The van der Waals surface area contributed by atoms with Gasteiger partial charge in [0.1, 0.15) is 6.17 Å². The largest absolute Gasteiger partial charge is 0.242 e. The van der Waals surface area contributed by atoms with Crippen LogP contribution in [-0.4, -0.2) is 0 Å². The quantitative estimate of drug-likeness (QED) is 0.584. The highest BCUT2D eigenvalue weighted by Gasteiger charge is 2.20. The first-order valence-electron chi connectivity index (χ1n) is 8.02. The number of nitriles is 1. The van der Waals surface area contributed by atoms with Crippen LogP contribution in [0.4, 0.5) is 4.39 Å². The molecule has 0 fully saturated rings. The summed E-state index contributed by atoms with van der Waals surface area (Å²) >= 11 is 0. The monoisotopic (exact) mass is 315 g/mol. The molecule has 0 bridgehead atoms. The Balaban J connectivity index is 1.87. The maximum absolute atomic E-state index is 14.9. The van der Waals surface area contributed by atoms with Gasteiger partial charge >= 0.3 is 0 Å². The van der Waals surface area contributed by atoms with Crippen molar-refractivity contribution in [2.75, 3.05) is 0 Å². The van der Waals surface area contributed by atoms with Gasteiger partial charge in [-0.25, -0.2) is 4.39 Å². The molecule has 0 amide bonds. The maximum atomic E-state index is 14.9. The van der Waals surface area contributed by atoms with Crippen molar-refractivity contribution in [1.29, 1.82) is 5.26 Å². The van der Waals surface area contributed by atoms with Gasteiger partial charge in [0.25, 0.3) is 0 Å². The van der Waals surface area contributed by atoms with Crippen LogP contribution in [0.2, 0.25) is 0 Å². The molecule has 0 N–H and O–H groups in total. The van der Waals surface area contributed by atoms with E-state index in [1.54, 1.807) is 24.3 Å². The first-order valence-corrected chi connectivity index (χ1v) is 8.02. The summed E-state index contributed by atoms with van der Waals surface area (Å²) in [5.41, 5.74) is 3.39. The van der Waals surface area contributed by atoms with Crippen LogP contribution in [0.25, 0.3) is 0 Å².